The van der Waals surface area contributed by atoms with E-state index in [9.17, 15) is 14.7 Å². The number of unbranched alkanes of at least 4 members (excludes halogenated alkanes) is 14. The summed E-state index contributed by atoms with van der Waals surface area (Å²) in [6.07, 6.45) is 83.7. The van der Waals surface area contributed by atoms with E-state index in [1.165, 1.54) is 44.9 Å². The van der Waals surface area contributed by atoms with Crippen molar-refractivity contribution >= 4 is 11.9 Å². The lowest BCUT2D eigenvalue weighted by atomic mass is 10.1. The van der Waals surface area contributed by atoms with Crippen molar-refractivity contribution in [2.24, 2.45) is 0 Å². The van der Waals surface area contributed by atoms with Crippen LogP contribution < -0.4 is 0 Å². The standard InChI is InChI=1S/C61H96O5/c1-3-5-7-9-11-13-15-17-19-20-21-22-23-24-25-26-27-28-29-30-31-32-33-34-35-36-37-38-39-40-42-44-46-48-50-52-54-56-61(64)66-59(57-62)58-65-60(63)55-53-51-49-47-45-43-41-18-16-14-12-10-8-6-4-2/h5,7,11-14,17-19,21-22,24-25,27-28,30-31,33-34,36-37,39-41,59,62H,3-4,6,8-10,15-16,20,23,26,29,32,35,38,42-58H2,1-2H3/b7-5-,13-11-,14-12-,19-17-,22-21-,25-24-,28-27-,31-30-,34-33-,37-36-,40-39-,41-18-. The van der Waals surface area contributed by atoms with E-state index in [4.69, 9.17) is 9.47 Å². The Kier molecular flexibility index (Phi) is 51.6. The maximum Gasteiger partial charge on any atom is 0.306 e. The summed E-state index contributed by atoms with van der Waals surface area (Å²) in [5.74, 6) is -0.635. The molecule has 0 fully saturated rings. The molecule has 0 aliphatic carbocycles. The second-order valence-electron chi connectivity index (χ2n) is 16.9. The maximum atomic E-state index is 12.3. The molecule has 0 aromatic carbocycles. The Morgan fingerprint density at radius 1 is 0.364 bits per heavy atom. The minimum absolute atomic E-state index is 0.0881. The smallest absolute Gasteiger partial charge is 0.306 e. The highest BCUT2D eigenvalue weighted by molar-refractivity contribution is 5.70. The number of rotatable bonds is 46. The average Bonchev–Trinajstić information content (AvgIpc) is 3.32. The van der Waals surface area contributed by atoms with Crippen LogP contribution in [-0.4, -0.2) is 36.4 Å². The minimum Gasteiger partial charge on any atom is -0.462 e. The number of allylic oxidation sites excluding steroid dienone is 24. The first-order valence-electron chi connectivity index (χ1n) is 26.4. The van der Waals surface area contributed by atoms with Gasteiger partial charge in [0.25, 0.3) is 0 Å². The Morgan fingerprint density at radius 3 is 0.985 bits per heavy atom. The molecule has 0 saturated carbocycles. The zero-order chi connectivity index (χ0) is 47.7. The predicted octanol–water partition coefficient (Wildman–Crippen LogP) is 17.9. The van der Waals surface area contributed by atoms with Crippen LogP contribution >= 0.6 is 0 Å². The third-order valence-electron chi connectivity index (χ3n) is 10.6. The highest BCUT2D eigenvalue weighted by Gasteiger charge is 2.16. The van der Waals surface area contributed by atoms with Gasteiger partial charge in [-0.25, -0.2) is 0 Å². The largest absolute Gasteiger partial charge is 0.462 e. The van der Waals surface area contributed by atoms with Gasteiger partial charge in [-0.3, -0.25) is 9.59 Å². The molecule has 0 rings (SSSR count). The summed E-state index contributed by atoms with van der Waals surface area (Å²) >= 11 is 0. The van der Waals surface area contributed by atoms with Crippen LogP contribution in [0.15, 0.2) is 146 Å². The molecule has 5 nitrogen and oxygen atoms in total. The van der Waals surface area contributed by atoms with Crippen LogP contribution in [0.4, 0.5) is 0 Å². The van der Waals surface area contributed by atoms with Crippen LogP contribution in [0.5, 0.6) is 0 Å². The fourth-order valence-corrected chi connectivity index (χ4v) is 6.67. The normalized spacial score (nSPS) is 13.4. The monoisotopic (exact) mass is 909 g/mol. The second-order valence-corrected chi connectivity index (χ2v) is 16.9. The van der Waals surface area contributed by atoms with Crippen molar-refractivity contribution in [3.8, 4) is 0 Å². The zero-order valence-corrected chi connectivity index (χ0v) is 42.1. The topological polar surface area (TPSA) is 72.8 Å². The van der Waals surface area contributed by atoms with E-state index in [2.05, 4.69) is 160 Å². The van der Waals surface area contributed by atoms with E-state index in [0.717, 1.165) is 135 Å². The van der Waals surface area contributed by atoms with E-state index >= 15 is 0 Å². The van der Waals surface area contributed by atoms with Crippen molar-refractivity contribution < 1.29 is 24.2 Å². The highest BCUT2D eigenvalue weighted by Crippen LogP contribution is 2.12. The number of carbonyl (C=O) groups is 2. The molecular weight excluding hydrogens is 813 g/mol. The molecule has 0 aromatic rings. The molecule has 5 heteroatoms. The Morgan fingerprint density at radius 2 is 0.652 bits per heavy atom. The zero-order valence-electron chi connectivity index (χ0n) is 42.1. The quantitative estimate of drug-likeness (QED) is 0.0374. The summed E-state index contributed by atoms with van der Waals surface area (Å²) < 4.78 is 10.6. The third-order valence-corrected chi connectivity index (χ3v) is 10.6. The van der Waals surface area contributed by atoms with E-state index in [1.54, 1.807) is 0 Å². The number of esters is 2. The van der Waals surface area contributed by atoms with Gasteiger partial charge in [-0.2, -0.15) is 0 Å². The summed E-state index contributed by atoms with van der Waals surface area (Å²) in [5, 5.41) is 9.61. The van der Waals surface area contributed by atoms with Crippen LogP contribution in [0, 0.1) is 0 Å². The molecule has 0 spiro atoms. The first kappa shape index (κ1) is 61.8. The van der Waals surface area contributed by atoms with Crippen LogP contribution in [0.2, 0.25) is 0 Å². The summed E-state index contributed by atoms with van der Waals surface area (Å²) in [7, 11) is 0. The lowest BCUT2D eigenvalue weighted by molar-refractivity contribution is -0.161. The fraction of sp³-hybridized carbons (Fsp3) is 0.574. The fourth-order valence-electron chi connectivity index (χ4n) is 6.67. The number of aliphatic hydroxyl groups is 1. The van der Waals surface area contributed by atoms with Crippen molar-refractivity contribution in [1.29, 1.82) is 0 Å². The second kappa shape index (κ2) is 55.1. The lowest BCUT2D eigenvalue weighted by Gasteiger charge is -2.15. The van der Waals surface area contributed by atoms with Gasteiger partial charge in [0.2, 0.25) is 0 Å². The molecular formula is C61H96O5. The van der Waals surface area contributed by atoms with Gasteiger partial charge in [-0.1, -0.05) is 217 Å². The van der Waals surface area contributed by atoms with Gasteiger partial charge in [0.15, 0.2) is 6.10 Å². The van der Waals surface area contributed by atoms with Crippen LogP contribution in [0.25, 0.3) is 0 Å². The number of carbonyl (C=O) groups excluding carboxylic acids is 2. The number of hydrogen-bond donors (Lipinski definition) is 1. The van der Waals surface area contributed by atoms with Gasteiger partial charge in [-0.15, -0.1) is 0 Å². The SMILES string of the molecule is CC/C=C\C/C=C\C/C=C\C/C=C\C/C=C\C/C=C\C/C=C\C/C=C\C/C=C\C/C=C\CCCCCCCCC(=O)OC(CO)COC(=O)CCCCCCC/C=C\C/C=C\CCCCC. The number of ether oxygens (including phenoxy) is 2. The van der Waals surface area contributed by atoms with E-state index < -0.39 is 6.10 Å². The van der Waals surface area contributed by atoms with Gasteiger partial charge in [0.1, 0.15) is 6.61 Å². The van der Waals surface area contributed by atoms with Crippen LogP contribution in [-0.2, 0) is 19.1 Å². The summed E-state index contributed by atoms with van der Waals surface area (Å²) in [6.45, 7) is 3.96. The number of hydrogen-bond acceptors (Lipinski definition) is 5. The molecule has 0 saturated heterocycles. The Bertz CT molecular complexity index is 1450. The Balaban J connectivity index is 3.66. The first-order valence-corrected chi connectivity index (χ1v) is 26.4. The van der Waals surface area contributed by atoms with Crippen LogP contribution in [0.1, 0.15) is 206 Å². The van der Waals surface area contributed by atoms with E-state index in [-0.39, 0.29) is 25.2 Å². The third kappa shape index (κ3) is 52.4. The maximum absolute atomic E-state index is 12.3. The van der Waals surface area contributed by atoms with Crippen molar-refractivity contribution in [3.05, 3.63) is 146 Å². The molecule has 1 unspecified atom stereocenters. The summed E-state index contributed by atoms with van der Waals surface area (Å²) in [6, 6.07) is 0. The molecule has 66 heavy (non-hydrogen) atoms. The van der Waals surface area contributed by atoms with Crippen LogP contribution in [0.3, 0.4) is 0 Å². The van der Waals surface area contributed by atoms with Crippen molar-refractivity contribution in [2.75, 3.05) is 13.2 Å². The number of aliphatic hydroxyl groups excluding tert-OH is 1. The van der Waals surface area contributed by atoms with Gasteiger partial charge < -0.3 is 14.6 Å². The summed E-state index contributed by atoms with van der Waals surface area (Å²) in [5.41, 5.74) is 0. The van der Waals surface area contributed by atoms with Gasteiger partial charge >= 0.3 is 11.9 Å². The molecule has 0 bridgehead atoms. The summed E-state index contributed by atoms with van der Waals surface area (Å²) in [4.78, 5) is 24.4. The van der Waals surface area contributed by atoms with Crippen molar-refractivity contribution in [3.63, 3.8) is 0 Å². The van der Waals surface area contributed by atoms with E-state index in [1.807, 2.05) is 0 Å². The molecule has 0 aliphatic rings. The molecule has 0 heterocycles. The molecule has 0 amide bonds. The van der Waals surface area contributed by atoms with E-state index in [0.29, 0.717) is 12.8 Å². The van der Waals surface area contributed by atoms with Gasteiger partial charge in [0, 0.05) is 12.8 Å². The highest BCUT2D eigenvalue weighted by atomic mass is 16.6. The molecule has 0 aromatic heterocycles. The lowest BCUT2D eigenvalue weighted by Crippen LogP contribution is -2.28. The predicted molar refractivity (Wildman–Crippen MR) is 287 cm³/mol. The molecule has 370 valence electrons. The Labute approximate surface area is 406 Å². The average molecular weight is 909 g/mol. The van der Waals surface area contributed by atoms with Gasteiger partial charge in [0.05, 0.1) is 6.61 Å². The molecule has 1 N–H and O–H groups in total. The molecule has 0 aliphatic heterocycles. The molecule has 0 radical (unpaired) electrons. The van der Waals surface area contributed by atoms with Crippen molar-refractivity contribution in [2.45, 2.75) is 213 Å². The first-order chi connectivity index (χ1) is 32.6. The Hall–Kier alpha value is -4.22. The molecule has 1 atom stereocenters. The van der Waals surface area contributed by atoms with Crippen molar-refractivity contribution in [1.82, 2.24) is 0 Å². The van der Waals surface area contributed by atoms with Gasteiger partial charge in [-0.05, 0) is 122 Å². The minimum atomic E-state index is -0.796.